The Morgan fingerprint density at radius 2 is 2.11 bits per heavy atom. The molecule has 2 bridgehead atoms. The van der Waals surface area contributed by atoms with Crippen molar-refractivity contribution < 1.29 is 4.52 Å². The van der Waals surface area contributed by atoms with Crippen molar-refractivity contribution in [2.75, 3.05) is 6.54 Å². The Balaban J connectivity index is 1.30. The average molecular weight is 261 g/mol. The van der Waals surface area contributed by atoms with Gasteiger partial charge in [0, 0.05) is 25.9 Å². The summed E-state index contributed by atoms with van der Waals surface area (Å²) in [5.41, 5.74) is 0. The van der Waals surface area contributed by atoms with E-state index in [1.165, 1.54) is 32.1 Å². The molecule has 0 spiro atoms. The maximum absolute atomic E-state index is 5.00. The van der Waals surface area contributed by atoms with Gasteiger partial charge in [-0.3, -0.25) is 0 Å². The third-order valence-corrected chi connectivity index (χ3v) is 5.75. The second kappa shape index (κ2) is 4.58. The number of hydrogen-bond acceptors (Lipinski definition) is 4. The van der Waals surface area contributed by atoms with Crippen molar-refractivity contribution in [3.05, 3.63) is 11.7 Å². The van der Waals surface area contributed by atoms with Crippen LogP contribution in [0, 0.1) is 30.6 Å². The molecule has 1 heterocycles. The molecular weight excluding hydrogens is 238 g/mol. The van der Waals surface area contributed by atoms with Crippen LogP contribution >= 0.6 is 0 Å². The molecule has 3 saturated carbocycles. The molecule has 1 aromatic rings. The second-order valence-corrected chi connectivity index (χ2v) is 6.69. The molecule has 0 aromatic carbocycles. The molecule has 1 aromatic heterocycles. The number of aromatic nitrogens is 2. The SMILES string of the molecule is Cc1nc(CCNC2CC3CC2C2CCCC32)no1. The minimum atomic E-state index is 0.670. The zero-order valence-electron chi connectivity index (χ0n) is 11.6. The number of nitrogens with one attached hydrogen (secondary N) is 1. The van der Waals surface area contributed by atoms with Crippen molar-refractivity contribution in [2.24, 2.45) is 23.7 Å². The van der Waals surface area contributed by atoms with Gasteiger partial charge in [0.25, 0.3) is 0 Å². The quantitative estimate of drug-likeness (QED) is 0.904. The third-order valence-electron chi connectivity index (χ3n) is 5.75. The minimum Gasteiger partial charge on any atom is -0.340 e. The second-order valence-electron chi connectivity index (χ2n) is 6.69. The monoisotopic (exact) mass is 261 g/mol. The molecule has 5 unspecified atom stereocenters. The zero-order chi connectivity index (χ0) is 12.8. The first kappa shape index (κ1) is 11.9. The fourth-order valence-corrected chi connectivity index (χ4v) is 5.12. The Hall–Kier alpha value is -0.900. The molecule has 0 radical (unpaired) electrons. The maximum atomic E-state index is 5.00. The molecule has 3 aliphatic rings. The van der Waals surface area contributed by atoms with Crippen LogP contribution in [0.15, 0.2) is 4.52 Å². The van der Waals surface area contributed by atoms with Gasteiger partial charge in [0.05, 0.1) is 0 Å². The lowest BCUT2D eigenvalue weighted by Crippen LogP contribution is -2.40. The third kappa shape index (κ3) is 2.00. The van der Waals surface area contributed by atoms with Crippen molar-refractivity contribution in [1.82, 2.24) is 15.5 Å². The topological polar surface area (TPSA) is 51.0 Å². The Morgan fingerprint density at radius 1 is 1.21 bits per heavy atom. The number of rotatable bonds is 4. The van der Waals surface area contributed by atoms with Gasteiger partial charge in [-0.1, -0.05) is 11.6 Å². The van der Waals surface area contributed by atoms with Gasteiger partial charge in [0.15, 0.2) is 5.82 Å². The van der Waals surface area contributed by atoms with Gasteiger partial charge >= 0.3 is 0 Å². The molecule has 3 fully saturated rings. The highest BCUT2D eigenvalue weighted by atomic mass is 16.5. The van der Waals surface area contributed by atoms with Crippen LogP contribution in [0.3, 0.4) is 0 Å². The van der Waals surface area contributed by atoms with Crippen LogP contribution in [0.4, 0.5) is 0 Å². The molecule has 0 amide bonds. The summed E-state index contributed by atoms with van der Waals surface area (Å²) in [6, 6.07) is 0.761. The van der Waals surface area contributed by atoms with Crippen LogP contribution in [-0.2, 0) is 6.42 Å². The van der Waals surface area contributed by atoms with Crippen LogP contribution in [0.2, 0.25) is 0 Å². The summed E-state index contributed by atoms with van der Waals surface area (Å²) in [7, 11) is 0. The lowest BCUT2D eigenvalue weighted by Gasteiger charge is -2.32. The van der Waals surface area contributed by atoms with Crippen molar-refractivity contribution in [3.63, 3.8) is 0 Å². The molecular formula is C15H23N3O. The Labute approximate surface area is 114 Å². The molecule has 1 N–H and O–H groups in total. The zero-order valence-corrected chi connectivity index (χ0v) is 11.6. The number of nitrogens with zero attached hydrogens (tertiary/aromatic N) is 2. The normalized spacial score (nSPS) is 39.9. The molecule has 104 valence electrons. The summed E-state index contributed by atoms with van der Waals surface area (Å²) in [5, 5.41) is 7.72. The molecule has 19 heavy (non-hydrogen) atoms. The fraction of sp³-hybridized carbons (Fsp3) is 0.867. The highest BCUT2D eigenvalue weighted by molar-refractivity contribution is 5.05. The first-order valence-corrected chi connectivity index (χ1v) is 7.84. The van der Waals surface area contributed by atoms with E-state index < -0.39 is 0 Å². The van der Waals surface area contributed by atoms with E-state index >= 15 is 0 Å². The van der Waals surface area contributed by atoms with E-state index in [1.54, 1.807) is 0 Å². The number of aryl methyl sites for hydroxylation is 1. The predicted molar refractivity (Wildman–Crippen MR) is 71.6 cm³/mol. The molecule has 0 saturated heterocycles. The summed E-state index contributed by atoms with van der Waals surface area (Å²) in [4.78, 5) is 4.26. The first-order chi connectivity index (χ1) is 9.31. The summed E-state index contributed by atoms with van der Waals surface area (Å²) in [5.74, 6) is 5.63. The van der Waals surface area contributed by atoms with Crippen LogP contribution in [0.25, 0.3) is 0 Å². The molecule has 3 aliphatic carbocycles. The van der Waals surface area contributed by atoms with E-state index in [9.17, 15) is 0 Å². The highest BCUT2D eigenvalue weighted by Gasteiger charge is 2.53. The van der Waals surface area contributed by atoms with Crippen LogP contribution < -0.4 is 5.32 Å². The van der Waals surface area contributed by atoms with Gasteiger partial charge in [-0.25, -0.2) is 0 Å². The lowest BCUT2D eigenvalue weighted by atomic mass is 9.79. The molecule has 0 aliphatic heterocycles. The fourth-order valence-electron chi connectivity index (χ4n) is 5.12. The van der Waals surface area contributed by atoms with Gasteiger partial charge < -0.3 is 9.84 Å². The predicted octanol–water partition coefficient (Wildman–Crippen LogP) is 2.33. The van der Waals surface area contributed by atoms with Crippen LogP contribution in [0.1, 0.15) is 43.8 Å². The Bertz CT molecular complexity index is 458. The van der Waals surface area contributed by atoms with E-state index in [0.717, 1.165) is 48.5 Å². The molecule has 4 rings (SSSR count). The van der Waals surface area contributed by atoms with Gasteiger partial charge in [-0.15, -0.1) is 0 Å². The smallest absolute Gasteiger partial charge is 0.223 e. The molecule has 4 heteroatoms. The average Bonchev–Trinajstić information content (AvgIpc) is 3.09. The van der Waals surface area contributed by atoms with Crippen LogP contribution in [0.5, 0.6) is 0 Å². The van der Waals surface area contributed by atoms with Crippen molar-refractivity contribution >= 4 is 0 Å². The highest BCUT2D eigenvalue weighted by Crippen LogP contribution is 2.58. The number of fused-ring (bicyclic) bond motifs is 5. The van der Waals surface area contributed by atoms with Crippen molar-refractivity contribution in [1.29, 1.82) is 0 Å². The molecule has 4 nitrogen and oxygen atoms in total. The minimum absolute atomic E-state index is 0.670. The lowest BCUT2D eigenvalue weighted by molar-refractivity contribution is 0.209. The van der Waals surface area contributed by atoms with E-state index in [-0.39, 0.29) is 0 Å². The summed E-state index contributed by atoms with van der Waals surface area (Å²) >= 11 is 0. The van der Waals surface area contributed by atoms with Gasteiger partial charge in [0.2, 0.25) is 5.89 Å². The maximum Gasteiger partial charge on any atom is 0.223 e. The number of hydrogen-bond donors (Lipinski definition) is 1. The first-order valence-electron chi connectivity index (χ1n) is 7.84. The summed E-state index contributed by atoms with van der Waals surface area (Å²) in [6.07, 6.45) is 8.29. The van der Waals surface area contributed by atoms with Crippen LogP contribution in [-0.4, -0.2) is 22.7 Å². The van der Waals surface area contributed by atoms with Crippen molar-refractivity contribution in [2.45, 2.75) is 51.5 Å². The van der Waals surface area contributed by atoms with Gasteiger partial charge in [-0.2, -0.15) is 4.98 Å². The standard InChI is InChI=1S/C15H23N3O/c1-9-17-15(18-19-9)5-6-16-14-8-10-7-13(14)12-4-2-3-11(10)12/h10-14,16H,2-8H2,1H3. The Kier molecular flexibility index (Phi) is 2.87. The van der Waals surface area contributed by atoms with Gasteiger partial charge in [-0.05, 0) is 49.4 Å². The summed E-state index contributed by atoms with van der Waals surface area (Å²) in [6.45, 7) is 2.84. The van der Waals surface area contributed by atoms with Gasteiger partial charge in [0.1, 0.15) is 0 Å². The van der Waals surface area contributed by atoms with E-state index in [0.29, 0.717) is 5.89 Å². The summed E-state index contributed by atoms with van der Waals surface area (Å²) < 4.78 is 5.00. The largest absolute Gasteiger partial charge is 0.340 e. The Morgan fingerprint density at radius 3 is 2.95 bits per heavy atom. The van der Waals surface area contributed by atoms with Crippen molar-refractivity contribution in [3.8, 4) is 0 Å². The van der Waals surface area contributed by atoms with E-state index in [1.807, 2.05) is 6.92 Å². The van der Waals surface area contributed by atoms with E-state index in [4.69, 9.17) is 4.52 Å². The molecule has 5 atom stereocenters. The van der Waals surface area contributed by atoms with E-state index in [2.05, 4.69) is 15.5 Å².